The van der Waals surface area contributed by atoms with E-state index < -0.39 is 0 Å². The summed E-state index contributed by atoms with van der Waals surface area (Å²) in [6, 6.07) is 0. The molecule has 2 heteroatoms. The molecule has 2 N–H and O–H groups in total. The standard InChI is InChI=1S/C11H23NS/c1-9(2)5-13-11(8-12)6-10(3,4)7-11/h9H,5-8,12H2,1-4H3. The molecule has 0 aromatic rings. The Morgan fingerprint density at radius 3 is 2.15 bits per heavy atom. The zero-order valence-electron chi connectivity index (χ0n) is 9.39. The summed E-state index contributed by atoms with van der Waals surface area (Å²) < 4.78 is 0.424. The van der Waals surface area contributed by atoms with Crippen LogP contribution in [0.2, 0.25) is 0 Å². The normalized spacial score (nSPS) is 24.5. The highest BCUT2D eigenvalue weighted by Crippen LogP contribution is 2.54. The summed E-state index contributed by atoms with van der Waals surface area (Å²) in [6.45, 7) is 10.1. The molecule has 1 saturated carbocycles. The van der Waals surface area contributed by atoms with Crippen molar-refractivity contribution < 1.29 is 0 Å². The summed E-state index contributed by atoms with van der Waals surface area (Å²) in [6.07, 6.45) is 2.60. The monoisotopic (exact) mass is 201 g/mol. The van der Waals surface area contributed by atoms with Crippen molar-refractivity contribution in [1.29, 1.82) is 0 Å². The van der Waals surface area contributed by atoms with Crippen molar-refractivity contribution in [2.75, 3.05) is 12.3 Å². The number of thioether (sulfide) groups is 1. The largest absolute Gasteiger partial charge is 0.329 e. The van der Waals surface area contributed by atoms with Crippen LogP contribution in [0.1, 0.15) is 40.5 Å². The molecule has 0 heterocycles. The van der Waals surface area contributed by atoms with Crippen molar-refractivity contribution in [3.05, 3.63) is 0 Å². The Bertz CT molecular complexity index is 167. The maximum Gasteiger partial charge on any atom is 0.0292 e. The third-order valence-electron chi connectivity index (χ3n) is 2.70. The van der Waals surface area contributed by atoms with Crippen LogP contribution in [-0.2, 0) is 0 Å². The van der Waals surface area contributed by atoms with Gasteiger partial charge in [-0.05, 0) is 29.9 Å². The molecule has 0 saturated heterocycles. The molecule has 1 aliphatic carbocycles. The van der Waals surface area contributed by atoms with Crippen LogP contribution in [-0.4, -0.2) is 17.0 Å². The lowest BCUT2D eigenvalue weighted by Gasteiger charge is -2.52. The first-order chi connectivity index (χ1) is 5.89. The molecule has 1 nitrogen and oxygen atoms in total. The second kappa shape index (κ2) is 3.82. The van der Waals surface area contributed by atoms with E-state index >= 15 is 0 Å². The van der Waals surface area contributed by atoms with Crippen molar-refractivity contribution in [1.82, 2.24) is 0 Å². The minimum atomic E-state index is 0.424. The molecule has 1 rings (SSSR count). The number of hydrogen-bond donors (Lipinski definition) is 1. The zero-order valence-corrected chi connectivity index (χ0v) is 10.2. The molecular weight excluding hydrogens is 178 g/mol. The third-order valence-corrected chi connectivity index (χ3v) is 4.60. The first-order valence-electron chi connectivity index (χ1n) is 5.23. The van der Waals surface area contributed by atoms with E-state index in [1.807, 2.05) is 0 Å². The summed E-state index contributed by atoms with van der Waals surface area (Å²) in [5.74, 6) is 2.05. The van der Waals surface area contributed by atoms with Gasteiger partial charge < -0.3 is 5.73 Å². The van der Waals surface area contributed by atoms with E-state index in [9.17, 15) is 0 Å². The van der Waals surface area contributed by atoms with Gasteiger partial charge in [0, 0.05) is 11.3 Å². The predicted molar refractivity (Wildman–Crippen MR) is 62.1 cm³/mol. The first-order valence-corrected chi connectivity index (χ1v) is 6.22. The molecule has 0 spiro atoms. The number of hydrogen-bond acceptors (Lipinski definition) is 2. The Labute approximate surface area is 86.8 Å². The van der Waals surface area contributed by atoms with Gasteiger partial charge in [-0.15, -0.1) is 0 Å². The highest BCUT2D eigenvalue weighted by molar-refractivity contribution is 8.00. The average molecular weight is 201 g/mol. The Hall–Kier alpha value is 0.310. The van der Waals surface area contributed by atoms with E-state index in [2.05, 4.69) is 39.5 Å². The van der Waals surface area contributed by atoms with Crippen molar-refractivity contribution in [2.45, 2.75) is 45.3 Å². The molecule has 0 atom stereocenters. The van der Waals surface area contributed by atoms with E-state index in [0.29, 0.717) is 10.2 Å². The van der Waals surface area contributed by atoms with Crippen LogP contribution >= 0.6 is 11.8 Å². The zero-order chi connectivity index (χ0) is 10.1. The van der Waals surface area contributed by atoms with Gasteiger partial charge in [-0.1, -0.05) is 27.7 Å². The fourth-order valence-corrected chi connectivity index (χ4v) is 4.13. The highest BCUT2D eigenvalue weighted by Gasteiger charge is 2.48. The molecular formula is C11H23NS. The summed E-state index contributed by atoms with van der Waals surface area (Å²) in [5.41, 5.74) is 6.40. The Kier molecular flexibility index (Phi) is 3.34. The average Bonchev–Trinajstić information content (AvgIpc) is 1.96. The number of rotatable bonds is 4. The van der Waals surface area contributed by atoms with Crippen molar-refractivity contribution in [2.24, 2.45) is 17.1 Å². The van der Waals surface area contributed by atoms with Gasteiger partial charge in [-0.3, -0.25) is 0 Å². The Morgan fingerprint density at radius 2 is 1.85 bits per heavy atom. The van der Waals surface area contributed by atoms with Crippen LogP contribution < -0.4 is 5.73 Å². The second-order valence-electron chi connectivity index (χ2n) is 5.61. The van der Waals surface area contributed by atoms with Gasteiger partial charge in [0.15, 0.2) is 0 Å². The highest BCUT2D eigenvalue weighted by atomic mass is 32.2. The fourth-order valence-electron chi connectivity index (χ4n) is 2.34. The Balaban J connectivity index is 2.37. The maximum absolute atomic E-state index is 5.86. The first kappa shape index (κ1) is 11.4. The minimum Gasteiger partial charge on any atom is -0.329 e. The van der Waals surface area contributed by atoms with Gasteiger partial charge in [-0.25, -0.2) is 0 Å². The van der Waals surface area contributed by atoms with Crippen molar-refractivity contribution >= 4 is 11.8 Å². The molecule has 0 aliphatic heterocycles. The van der Waals surface area contributed by atoms with Gasteiger partial charge in [0.05, 0.1) is 0 Å². The maximum atomic E-state index is 5.86. The van der Waals surface area contributed by atoms with Gasteiger partial charge in [0.25, 0.3) is 0 Å². The van der Waals surface area contributed by atoms with Crippen molar-refractivity contribution in [3.8, 4) is 0 Å². The molecule has 0 unspecified atom stereocenters. The minimum absolute atomic E-state index is 0.424. The molecule has 78 valence electrons. The van der Waals surface area contributed by atoms with E-state index in [0.717, 1.165) is 12.5 Å². The molecule has 0 radical (unpaired) electrons. The van der Waals surface area contributed by atoms with E-state index in [1.54, 1.807) is 0 Å². The lowest BCUT2D eigenvalue weighted by molar-refractivity contribution is 0.132. The molecule has 0 amide bonds. The smallest absolute Gasteiger partial charge is 0.0292 e. The molecule has 13 heavy (non-hydrogen) atoms. The summed E-state index contributed by atoms with van der Waals surface area (Å²) >= 11 is 2.10. The van der Waals surface area contributed by atoms with Crippen LogP contribution in [0.3, 0.4) is 0 Å². The molecule has 1 aliphatic rings. The summed E-state index contributed by atoms with van der Waals surface area (Å²) in [5, 5.41) is 0. The topological polar surface area (TPSA) is 26.0 Å². The van der Waals surface area contributed by atoms with Crippen LogP contribution in [0, 0.1) is 11.3 Å². The Morgan fingerprint density at radius 1 is 1.31 bits per heavy atom. The summed E-state index contributed by atoms with van der Waals surface area (Å²) in [4.78, 5) is 0. The van der Waals surface area contributed by atoms with Crippen molar-refractivity contribution in [3.63, 3.8) is 0 Å². The van der Waals surface area contributed by atoms with Crippen LogP contribution in [0.5, 0.6) is 0 Å². The summed E-state index contributed by atoms with van der Waals surface area (Å²) in [7, 11) is 0. The molecule has 1 fully saturated rings. The second-order valence-corrected chi connectivity index (χ2v) is 7.10. The molecule has 0 bridgehead atoms. The third kappa shape index (κ3) is 2.88. The fraction of sp³-hybridized carbons (Fsp3) is 1.00. The predicted octanol–water partition coefficient (Wildman–Crippen LogP) is 2.89. The number of nitrogens with two attached hydrogens (primary N) is 1. The van der Waals surface area contributed by atoms with Crippen LogP contribution in [0.15, 0.2) is 0 Å². The van der Waals surface area contributed by atoms with Gasteiger partial charge >= 0.3 is 0 Å². The lowest BCUT2D eigenvalue weighted by Crippen LogP contribution is -2.51. The van der Waals surface area contributed by atoms with E-state index in [1.165, 1.54) is 18.6 Å². The van der Waals surface area contributed by atoms with E-state index in [4.69, 9.17) is 5.73 Å². The van der Waals surface area contributed by atoms with E-state index in [-0.39, 0.29) is 0 Å². The molecule has 0 aromatic carbocycles. The van der Waals surface area contributed by atoms with Crippen LogP contribution in [0.25, 0.3) is 0 Å². The lowest BCUT2D eigenvalue weighted by atomic mass is 9.64. The van der Waals surface area contributed by atoms with Gasteiger partial charge in [-0.2, -0.15) is 11.8 Å². The van der Waals surface area contributed by atoms with Gasteiger partial charge in [0.2, 0.25) is 0 Å². The quantitative estimate of drug-likeness (QED) is 0.757. The molecule has 0 aromatic heterocycles. The van der Waals surface area contributed by atoms with Crippen LogP contribution in [0.4, 0.5) is 0 Å². The van der Waals surface area contributed by atoms with Gasteiger partial charge in [0.1, 0.15) is 0 Å². The SMILES string of the molecule is CC(C)CSC1(CN)CC(C)(C)C1.